The summed E-state index contributed by atoms with van der Waals surface area (Å²) < 4.78 is 0. The van der Waals surface area contributed by atoms with E-state index in [9.17, 15) is 9.59 Å². The van der Waals surface area contributed by atoms with Crippen molar-refractivity contribution in [3.63, 3.8) is 0 Å². The molecule has 2 amide bonds. The van der Waals surface area contributed by atoms with Crippen LogP contribution in [0.25, 0.3) is 0 Å². The molecule has 144 valence electrons. The molecular formula is C20H25N3O2S2. The zero-order chi connectivity index (χ0) is 19.2. The van der Waals surface area contributed by atoms with Crippen LogP contribution in [0.1, 0.15) is 29.4 Å². The topological polar surface area (TPSA) is 61.4 Å². The molecule has 1 aromatic heterocycles. The summed E-state index contributed by atoms with van der Waals surface area (Å²) in [6.07, 6.45) is 3.73. The highest BCUT2D eigenvalue weighted by atomic mass is 32.2. The number of hydrogen-bond acceptors (Lipinski definition) is 5. The van der Waals surface area contributed by atoms with E-state index in [1.54, 1.807) is 11.8 Å². The van der Waals surface area contributed by atoms with Gasteiger partial charge in [0.1, 0.15) is 0 Å². The number of thiophene rings is 1. The summed E-state index contributed by atoms with van der Waals surface area (Å²) in [6, 6.07) is 11.6. The summed E-state index contributed by atoms with van der Waals surface area (Å²) >= 11 is 3.11. The first-order valence-corrected chi connectivity index (χ1v) is 11.2. The van der Waals surface area contributed by atoms with Gasteiger partial charge in [0.25, 0.3) is 5.91 Å². The predicted molar refractivity (Wildman–Crippen MR) is 113 cm³/mol. The van der Waals surface area contributed by atoms with Crippen LogP contribution in [0.15, 0.2) is 46.7 Å². The molecule has 1 aliphatic heterocycles. The Labute approximate surface area is 168 Å². The van der Waals surface area contributed by atoms with Gasteiger partial charge < -0.3 is 10.6 Å². The molecule has 2 heterocycles. The average Bonchev–Trinajstić information content (AvgIpc) is 3.23. The molecule has 0 aliphatic carbocycles. The van der Waals surface area contributed by atoms with Crippen LogP contribution in [0.5, 0.6) is 0 Å². The van der Waals surface area contributed by atoms with E-state index in [4.69, 9.17) is 0 Å². The zero-order valence-corrected chi connectivity index (χ0v) is 17.2. The van der Waals surface area contributed by atoms with Crippen molar-refractivity contribution >= 4 is 40.6 Å². The lowest BCUT2D eigenvalue weighted by molar-refractivity contribution is -0.121. The van der Waals surface area contributed by atoms with Gasteiger partial charge in [0, 0.05) is 29.7 Å². The smallest absolute Gasteiger partial charge is 0.261 e. The second kappa shape index (κ2) is 9.39. The number of piperidine rings is 1. The highest BCUT2D eigenvalue weighted by molar-refractivity contribution is 7.98. The van der Waals surface area contributed by atoms with Crippen LogP contribution >= 0.6 is 23.1 Å². The number of likely N-dealkylation sites (tertiary alicyclic amines) is 1. The number of carbonyl (C=O) groups excluding carboxylic acids is 2. The molecule has 27 heavy (non-hydrogen) atoms. The van der Waals surface area contributed by atoms with Crippen molar-refractivity contribution in [1.29, 1.82) is 0 Å². The third-order valence-corrected chi connectivity index (χ3v) is 6.47. The van der Waals surface area contributed by atoms with Crippen molar-refractivity contribution in [3.05, 3.63) is 46.7 Å². The van der Waals surface area contributed by atoms with Crippen LogP contribution in [0, 0.1) is 0 Å². The van der Waals surface area contributed by atoms with E-state index in [1.165, 1.54) is 11.3 Å². The van der Waals surface area contributed by atoms with Crippen molar-refractivity contribution in [3.8, 4) is 0 Å². The van der Waals surface area contributed by atoms with Gasteiger partial charge in [0.2, 0.25) is 5.91 Å². The second-order valence-corrected chi connectivity index (χ2v) is 8.49. The standard InChI is InChI=1S/C20H25N3O2S2/c1-14(19(24)22-16-5-3-6-17(13-16)26-2)23-10-8-15(9-11-23)21-20(25)18-7-4-12-27-18/h3-7,12-15H,8-11H2,1-2H3,(H,21,25)(H,22,24). The molecule has 0 radical (unpaired) electrons. The van der Waals surface area contributed by atoms with Crippen molar-refractivity contribution in [2.24, 2.45) is 0 Å². The van der Waals surface area contributed by atoms with Gasteiger partial charge in [-0.05, 0) is 55.7 Å². The molecule has 2 N–H and O–H groups in total. The van der Waals surface area contributed by atoms with Gasteiger partial charge >= 0.3 is 0 Å². The van der Waals surface area contributed by atoms with E-state index in [-0.39, 0.29) is 23.9 Å². The van der Waals surface area contributed by atoms with E-state index in [0.717, 1.165) is 41.4 Å². The zero-order valence-electron chi connectivity index (χ0n) is 15.6. The lowest BCUT2D eigenvalue weighted by Crippen LogP contribution is -2.50. The molecule has 2 aromatic rings. The second-order valence-electron chi connectivity index (χ2n) is 6.66. The van der Waals surface area contributed by atoms with E-state index < -0.39 is 0 Å². The largest absolute Gasteiger partial charge is 0.349 e. The van der Waals surface area contributed by atoms with Crippen LogP contribution < -0.4 is 10.6 Å². The average molecular weight is 404 g/mol. The number of anilines is 1. The van der Waals surface area contributed by atoms with Crippen LogP contribution in [0.3, 0.4) is 0 Å². The molecule has 5 nitrogen and oxygen atoms in total. The fourth-order valence-electron chi connectivity index (χ4n) is 3.21. The number of thioether (sulfide) groups is 1. The molecule has 1 atom stereocenters. The molecule has 1 saturated heterocycles. The number of carbonyl (C=O) groups is 2. The Hall–Kier alpha value is -1.83. The highest BCUT2D eigenvalue weighted by Gasteiger charge is 2.27. The monoisotopic (exact) mass is 403 g/mol. The van der Waals surface area contributed by atoms with E-state index in [0.29, 0.717) is 0 Å². The van der Waals surface area contributed by atoms with Gasteiger partial charge in [-0.1, -0.05) is 12.1 Å². The maximum Gasteiger partial charge on any atom is 0.261 e. The molecule has 0 bridgehead atoms. The van der Waals surface area contributed by atoms with Crippen LogP contribution in [0.2, 0.25) is 0 Å². The molecule has 3 rings (SSSR count). The first-order chi connectivity index (χ1) is 13.1. The van der Waals surface area contributed by atoms with E-state index in [1.807, 2.05) is 55.0 Å². The summed E-state index contributed by atoms with van der Waals surface area (Å²) in [5.74, 6) is 0.0113. The summed E-state index contributed by atoms with van der Waals surface area (Å²) in [5, 5.41) is 8.03. The van der Waals surface area contributed by atoms with E-state index in [2.05, 4.69) is 15.5 Å². The minimum atomic E-state index is -0.197. The summed E-state index contributed by atoms with van der Waals surface area (Å²) in [4.78, 5) is 28.8. The normalized spacial score (nSPS) is 16.7. The number of amides is 2. The van der Waals surface area contributed by atoms with Crippen molar-refractivity contribution in [2.75, 3.05) is 24.7 Å². The van der Waals surface area contributed by atoms with Crippen molar-refractivity contribution in [1.82, 2.24) is 10.2 Å². The lowest BCUT2D eigenvalue weighted by atomic mass is 10.0. The third kappa shape index (κ3) is 5.34. The first kappa shape index (κ1) is 19.9. The Kier molecular flexibility index (Phi) is 6.93. The molecular weight excluding hydrogens is 378 g/mol. The molecule has 0 saturated carbocycles. The Bertz CT molecular complexity index is 771. The van der Waals surface area contributed by atoms with Crippen molar-refractivity contribution in [2.45, 2.75) is 36.7 Å². The number of nitrogens with zero attached hydrogens (tertiary/aromatic N) is 1. The SMILES string of the molecule is CSc1cccc(NC(=O)C(C)N2CCC(NC(=O)c3cccs3)CC2)c1. The minimum absolute atomic E-state index is 0.00270. The summed E-state index contributed by atoms with van der Waals surface area (Å²) in [7, 11) is 0. The van der Waals surface area contributed by atoms with Crippen LogP contribution in [-0.4, -0.2) is 48.1 Å². The van der Waals surface area contributed by atoms with Gasteiger partial charge in [-0.25, -0.2) is 0 Å². The quantitative estimate of drug-likeness (QED) is 0.722. The van der Waals surface area contributed by atoms with Crippen LogP contribution in [-0.2, 0) is 4.79 Å². The van der Waals surface area contributed by atoms with Gasteiger partial charge in [-0.2, -0.15) is 0 Å². The van der Waals surface area contributed by atoms with Gasteiger partial charge in [0.05, 0.1) is 10.9 Å². The van der Waals surface area contributed by atoms with E-state index >= 15 is 0 Å². The predicted octanol–water partition coefficient (Wildman–Crippen LogP) is 3.69. The number of rotatable bonds is 6. The molecule has 1 fully saturated rings. The van der Waals surface area contributed by atoms with Crippen molar-refractivity contribution < 1.29 is 9.59 Å². The third-order valence-electron chi connectivity index (χ3n) is 4.87. The Morgan fingerprint density at radius 2 is 2.00 bits per heavy atom. The highest BCUT2D eigenvalue weighted by Crippen LogP contribution is 2.20. The van der Waals surface area contributed by atoms with Gasteiger partial charge in [-0.15, -0.1) is 23.1 Å². The number of hydrogen-bond donors (Lipinski definition) is 2. The molecule has 1 unspecified atom stereocenters. The molecule has 1 aromatic carbocycles. The molecule has 1 aliphatic rings. The first-order valence-electron chi connectivity index (χ1n) is 9.10. The van der Waals surface area contributed by atoms with Gasteiger partial charge in [-0.3, -0.25) is 14.5 Å². The fraction of sp³-hybridized carbons (Fsp3) is 0.400. The minimum Gasteiger partial charge on any atom is -0.349 e. The lowest BCUT2D eigenvalue weighted by Gasteiger charge is -2.35. The van der Waals surface area contributed by atoms with Gasteiger partial charge in [0.15, 0.2) is 0 Å². The molecule has 7 heteroatoms. The fourth-order valence-corrected chi connectivity index (χ4v) is 4.30. The summed E-state index contributed by atoms with van der Waals surface area (Å²) in [6.45, 7) is 3.54. The maximum absolute atomic E-state index is 12.6. The number of benzene rings is 1. The Balaban J connectivity index is 1.48. The Morgan fingerprint density at radius 1 is 1.22 bits per heavy atom. The molecule has 0 spiro atoms. The summed E-state index contributed by atoms with van der Waals surface area (Å²) in [5.41, 5.74) is 0.830. The number of nitrogens with one attached hydrogen (secondary N) is 2. The Morgan fingerprint density at radius 3 is 2.67 bits per heavy atom. The maximum atomic E-state index is 12.6. The van der Waals surface area contributed by atoms with Crippen LogP contribution in [0.4, 0.5) is 5.69 Å².